The molecule has 2 aromatic carbocycles. The lowest BCUT2D eigenvalue weighted by Gasteiger charge is -2.28. The summed E-state index contributed by atoms with van der Waals surface area (Å²) >= 11 is 12.4. The van der Waals surface area contributed by atoms with E-state index in [-0.39, 0.29) is 34.3 Å². The molecular weight excluding hydrogens is 631 g/mol. The number of alkyl halides is 3. The number of halogens is 6. The Morgan fingerprint density at radius 2 is 1.73 bits per heavy atom. The molecule has 0 fully saturated rings. The summed E-state index contributed by atoms with van der Waals surface area (Å²) in [6.07, 6.45) is -3.27. The third kappa shape index (κ3) is 6.17. The van der Waals surface area contributed by atoms with Crippen molar-refractivity contribution < 1.29 is 32.3 Å². The van der Waals surface area contributed by atoms with Crippen LogP contribution in [0.4, 0.5) is 17.6 Å². The molecule has 1 aliphatic rings. The van der Waals surface area contributed by atoms with E-state index in [1.807, 2.05) is 34.9 Å². The summed E-state index contributed by atoms with van der Waals surface area (Å²) in [7, 11) is 0. The fraction of sp³-hybridized carbons (Fsp3) is 0.179. The summed E-state index contributed by atoms with van der Waals surface area (Å²) in [6, 6.07) is 15.6. The van der Waals surface area contributed by atoms with Crippen molar-refractivity contribution in [1.29, 1.82) is 0 Å². The van der Waals surface area contributed by atoms with Crippen molar-refractivity contribution in [2.75, 3.05) is 6.54 Å². The lowest BCUT2D eigenvalue weighted by molar-refractivity contribution is -0.192. The van der Waals surface area contributed by atoms with Crippen molar-refractivity contribution in [2.45, 2.75) is 25.7 Å². The van der Waals surface area contributed by atoms with Crippen LogP contribution >= 0.6 is 23.2 Å². The molecule has 0 atom stereocenters. The molecule has 5 aromatic rings. The van der Waals surface area contributed by atoms with Crippen molar-refractivity contribution in [3.63, 3.8) is 0 Å². The molecule has 0 saturated heterocycles. The van der Waals surface area contributed by atoms with Crippen LogP contribution in [0.15, 0.2) is 65.6 Å². The van der Waals surface area contributed by atoms with Gasteiger partial charge in [0.05, 0.1) is 17.1 Å². The van der Waals surface area contributed by atoms with E-state index in [4.69, 9.17) is 33.1 Å². The molecule has 0 radical (unpaired) electrons. The van der Waals surface area contributed by atoms with Crippen LogP contribution in [0.25, 0.3) is 16.9 Å². The molecule has 0 aliphatic carbocycles. The third-order valence-corrected chi connectivity index (χ3v) is 7.51. The average Bonchev–Trinajstić information content (AvgIpc) is 3.56. The molecule has 0 saturated carbocycles. The maximum atomic E-state index is 14.8. The monoisotopic (exact) mass is 650 g/mol. The number of fused-ring (bicyclic) bond motifs is 2. The Morgan fingerprint density at radius 1 is 1.02 bits per heavy atom. The van der Waals surface area contributed by atoms with Crippen molar-refractivity contribution in [1.82, 2.24) is 29.0 Å². The Labute approximate surface area is 255 Å². The minimum Gasteiger partial charge on any atom is -0.475 e. The Kier molecular flexibility index (Phi) is 8.48. The second kappa shape index (κ2) is 12.1. The number of amides is 1. The molecule has 44 heavy (non-hydrogen) atoms. The first kappa shape index (κ1) is 30.8. The van der Waals surface area contributed by atoms with Crippen molar-refractivity contribution in [2.24, 2.45) is 0 Å². The average molecular weight is 651 g/mol. The highest BCUT2D eigenvalue weighted by Gasteiger charge is 2.38. The number of aromatic nitrogens is 5. The van der Waals surface area contributed by atoms with Gasteiger partial charge in [0.2, 0.25) is 0 Å². The normalized spacial score (nSPS) is 12.9. The molecule has 2 N–H and O–H groups in total. The number of H-pyrrole nitrogens is 1. The van der Waals surface area contributed by atoms with Gasteiger partial charge in [0, 0.05) is 37.0 Å². The van der Waals surface area contributed by atoms with Crippen LogP contribution < -0.4 is 5.56 Å². The van der Waals surface area contributed by atoms with Crippen LogP contribution in [0, 0.1) is 5.82 Å². The zero-order valence-corrected chi connectivity index (χ0v) is 23.8. The first-order chi connectivity index (χ1) is 20.8. The minimum atomic E-state index is -5.08. The number of hydrogen-bond donors (Lipinski definition) is 2. The highest BCUT2D eigenvalue weighted by Crippen LogP contribution is 2.28. The van der Waals surface area contributed by atoms with Crippen molar-refractivity contribution >= 4 is 40.6 Å². The van der Waals surface area contributed by atoms with Crippen LogP contribution in [0.3, 0.4) is 0 Å². The number of aromatic amines is 1. The van der Waals surface area contributed by atoms with Gasteiger partial charge in [-0.1, -0.05) is 59.6 Å². The summed E-state index contributed by atoms with van der Waals surface area (Å²) in [4.78, 5) is 38.7. The summed E-state index contributed by atoms with van der Waals surface area (Å²) in [5, 5.41) is 16.2. The van der Waals surface area contributed by atoms with E-state index < -0.39 is 23.9 Å². The topological polar surface area (TPSA) is 126 Å². The predicted molar refractivity (Wildman–Crippen MR) is 151 cm³/mol. The number of nitrogens with zero attached hydrogens (tertiary/aromatic N) is 5. The first-order valence-electron chi connectivity index (χ1n) is 12.8. The zero-order valence-electron chi connectivity index (χ0n) is 22.3. The second-order valence-electron chi connectivity index (χ2n) is 9.59. The molecule has 0 spiro atoms. The summed E-state index contributed by atoms with van der Waals surface area (Å²) in [5.74, 6) is -2.41. The van der Waals surface area contributed by atoms with Crippen LogP contribution in [0.5, 0.6) is 0 Å². The van der Waals surface area contributed by atoms with E-state index in [1.54, 1.807) is 15.4 Å². The van der Waals surface area contributed by atoms with E-state index in [1.165, 1.54) is 24.4 Å². The maximum Gasteiger partial charge on any atom is 0.490 e. The van der Waals surface area contributed by atoms with Gasteiger partial charge < -0.3 is 19.6 Å². The van der Waals surface area contributed by atoms with Gasteiger partial charge in [-0.05, 0) is 23.8 Å². The van der Waals surface area contributed by atoms with E-state index in [2.05, 4.69) is 15.2 Å². The fourth-order valence-electron chi connectivity index (χ4n) is 4.68. The van der Waals surface area contributed by atoms with E-state index >= 15 is 0 Å². The Bertz CT molecular complexity index is 1940. The number of hydrogen-bond acceptors (Lipinski definition) is 5. The molecule has 228 valence electrons. The number of rotatable bonds is 4. The number of nitrogens with one attached hydrogen (secondary N) is 1. The van der Waals surface area contributed by atoms with Gasteiger partial charge in [0.1, 0.15) is 16.5 Å². The quantitative estimate of drug-likeness (QED) is 0.257. The number of benzene rings is 2. The Balaban J connectivity index is 0.000000493. The summed E-state index contributed by atoms with van der Waals surface area (Å²) in [5.41, 5.74) is 2.19. The molecule has 0 bridgehead atoms. The fourth-order valence-corrected chi connectivity index (χ4v) is 5.12. The summed E-state index contributed by atoms with van der Waals surface area (Å²) < 4.78 is 50.1. The Morgan fingerprint density at radius 3 is 2.41 bits per heavy atom. The number of carbonyl (C=O) groups is 2. The Hall–Kier alpha value is -4.69. The van der Waals surface area contributed by atoms with Gasteiger partial charge in [-0.25, -0.2) is 9.18 Å². The minimum absolute atomic E-state index is 0.0361. The van der Waals surface area contributed by atoms with Gasteiger partial charge in [-0.15, -0.1) is 10.2 Å². The first-order valence-corrected chi connectivity index (χ1v) is 13.5. The van der Waals surface area contributed by atoms with E-state index in [0.717, 1.165) is 11.4 Å². The molecule has 0 unspecified atom stereocenters. The zero-order chi connectivity index (χ0) is 31.8. The van der Waals surface area contributed by atoms with E-state index in [9.17, 15) is 27.2 Å². The molecule has 16 heteroatoms. The van der Waals surface area contributed by atoms with E-state index in [0.29, 0.717) is 35.7 Å². The largest absolute Gasteiger partial charge is 0.490 e. The molecule has 3 aromatic heterocycles. The lowest BCUT2D eigenvalue weighted by atomic mass is 10.0. The highest BCUT2D eigenvalue weighted by atomic mass is 35.5. The predicted octanol–water partition coefficient (Wildman–Crippen LogP) is 5.21. The van der Waals surface area contributed by atoms with Crippen LogP contribution in [-0.4, -0.2) is 58.8 Å². The molecule has 1 amide bonds. The molecule has 6 rings (SSSR count). The maximum absolute atomic E-state index is 14.8. The van der Waals surface area contributed by atoms with Gasteiger partial charge >= 0.3 is 12.1 Å². The van der Waals surface area contributed by atoms with Gasteiger partial charge in [-0.3, -0.25) is 14.0 Å². The molecule has 10 nitrogen and oxygen atoms in total. The van der Waals surface area contributed by atoms with Gasteiger partial charge in [0.25, 0.3) is 11.5 Å². The van der Waals surface area contributed by atoms with Crippen LogP contribution in [0.1, 0.15) is 27.4 Å². The van der Waals surface area contributed by atoms with Crippen LogP contribution in [-0.2, 0) is 24.3 Å². The second-order valence-corrected chi connectivity index (χ2v) is 10.4. The number of aliphatic carboxylic acids is 1. The third-order valence-electron chi connectivity index (χ3n) is 6.75. The van der Waals surface area contributed by atoms with Crippen LogP contribution in [0.2, 0.25) is 10.2 Å². The number of carbonyl (C=O) groups excluding carboxylic acids is 1. The number of carboxylic acids is 1. The summed E-state index contributed by atoms with van der Waals surface area (Å²) in [6.45, 7) is 1.12. The lowest BCUT2D eigenvalue weighted by Crippen LogP contribution is -2.39. The smallest absolute Gasteiger partial charge is 0.475 e. The van der Waals surface area contributed by atoms with Gasteiger partial charge in [0.15, 0.2) is 11.6 Å². The highest BCUT2D eigenvalue weighted by molar-refractivity contribution is 6.42. The molecule has 4 heterocycles. The van der Waals surface area contributed by atoms with Gasteiger partial charge in [-0.2, -0.15) is 13.2 Å². The molecular formula is C28H20Cl2F4N6O4. The standard InChI is InChI=1S/C26H19Cl2FN6O2.C2HF3O2/c27-19-12-21-25(36)30-13-17(35(21)23(19)28)10-15-6-7-20(29)18(11-15)26(37)33-8-9-34-22(14-33)31-32-24(34)16-4-2-1-3-5-16;3-2(4,5)1(6)7/h1-7,11-13H,8-10,14H2,(H,30,36);(H,6,7). The van der Waals surface area contributed by atoms with Crippen molar-refractivity contribution in [3.8, 4) is 11.4 Å². The molecule has 1 aliphatic heterocycles. The number of carboxylic acid groups (broad SMARTS) is 1. The van der Waals surface area contributed by atoms with Crippen molar-refractivity contribution in [3.05, 3.63) is 110 Å². The SMILES string of the molecule is O=C(O)C(F)(F)F.O=C(c1cc(Cc2c[nH]c(=O)c3cc(Cl)c(Cl)n23)ccc1F)N1CCn2c(nnc2-c2ccccc2)C1.